The highest BCUT2D eigenvalue weighted by atomic mass is 16.6. The van der Waals surface area contributed by atoms with E-state index in [1.54, 1.807) is 0 Å². The standard InChI is InChI=1S/C25H30O6/c1-14(26)29-13-21(28)20-8-7-18-19-6-5-16-11-17(30-15(2)27)9-10-24(16,4)25(19)22(31-25)12-23(18,20)3/h5,9-11,18-20,22H,6-8,12-13H2,1-4H3/t18-,19-,20+,22?,23-,24-,25-/m0/s1. The van der Waals surface area contributed by atoms with Crippen LogP contribution in [0.2, 0.25) is 0 Å². The van der Waals surface area contributed by atoms with Crippen LogP contribution in [0.3, 0.4) is 0 Å². The Labute approximate surface area is 182 Å². The number of ether oxygens (including phenoxy) is 3. The molecule has 166 valence electrons. The van der Waals surface area contributed by atoms with E-state index in [2.05, 4.69) is 26.0 Å². The van der Waals surface area contributed by atoms with E-state index in [-0.39, 0.29) is 46.8 Å². The molecule has 6 nitrogen and oxygen atoms in total. The lowest BCUT2D eigenvalue weighted by Crippen LogP contribution is -2.56. The van der Waals surface area contributed by atoms with E-state index in [1.807, 2.05) is 12.2 Å². The van der Waals surface area contributed by atoms with Crippen LogP contribution in [0.4, 0.5) is 0 Å². The number of carbonyl (C=O) groups is 3. The molecule has 6 heteroatoms. The number of hydrogen-bond acceptors (Lipinski definition) is 6. The van der Waals surface area contributed by atoms with Crippen molar-refractivity contribution < 1.29 is 28.6 Å². The van der Waals surface area contributed by atoms with E-state index in [1.165, 1.54) is 13.8 Å². The number of hydrogen-bond donors (Lipinski definition) is 0. The van der Waals surface area contributed by atoms with Gasteiger partial charge in [0.1, 0.15) is 18.0 Å². The number of Topliss-reactive ketones (excluding diaryl/α,β-unsaturated/α-hetero) is 1. The fraction of sp³-hybridized carbons (Fsp3) is 0.640. The molecular weight excluding hydrogens is 396 g/mol. The number of allylic oxidation sites excluding steroid dienone is 3. The molecule has 1 aliphatic heterocycles. The Hall–Kier alpha value is -2.21. The first-order valence-corrected chi connectivity index (χ1v) is 11.3. The van der Waals surface area contributed by atoms with Crippen LogP contribution in [-0.2, 0) is 28.6 Å². The molecule has 1 heterocycles. The molecule has 2 saturated carbocycles. The van der Waals surface area contributed by atoms with E-state index in [0.29, 0.717) is 17.6 Å². The average molecular weight is 427 g/mol. The summed E-state index contributed by atoms with van der Waals surface area (Å²) in [6.45, 7) is 7.09. The predicted molar refractivity (Wildman–Crippen MR) is 111 cm³/mol. The van der Waals surface area contributed by atoms with Crippen LogP contribution in [0.25, 0.3) is 0 Å². The lowest BCUT2D eigenvalue weighted by Gasteiger charge is -2.53. The van der Waals surface area contributed by atoms with Crippen molar-refractivity contribution in [1.29, 1.82) is 0 Å². The van der Waals surface area contributed by atoms with Crippen molar-refractivity contribution in [3.8, 4) is 0 Å². The van der Waals surface area contributed by atoms with Gasteiger partial charge in [0.15, 0.2) is 5.78 Å². The second kappa shape index (κ2) is 6.64. The first-order chi connectivity index (χ1) is 14.6. The molecule has 7 atom stereocenters. The Morgan fingerprint density at radius 3 is 2.61 bits per heavy atom. The average Bonchev–Trinajstić information content (AvgIpc) is 3.30. The van der Waals surface area contributed by atoms with Crippen molar-refractivity contribution in [1.82, 2.24) is 0 Å². The zero-order valence-electron chi connectivity index (χ0n) is 18.6. The molecule has 0 aromatic rings. The fourth-order valence-electron chi connectivity index (χ4n) is 7.43. The highest BCUT2D eigenvalue weighted by Crippen LogP contribution is 2.74. The summed E-state index contributed by atoms with van der Waals surface area (Å²) < 4.78 is 16.9. The minimum absolute atomic E-state index is 0.0399. The smallest absolute Gasteiger partial charge is 0.308 e. The van der Waals surface area contributed by atoms with Crippen molar-refractivity contribution in [3.05, 3.63) is 35.6 Å². The van der Waals surface area contributed by atoms with E-state index in [0.717, 1.165) is 31.3 Å². The van der Waals surface area contributed by atoms with Gasteiger partial charge in [-0.3, -0.25) is 14.4 Å². The normalized spacial score (nSPS) is 44.0. The highest BCUT2D eigenvalue weighted by molar-refractivity contribution is 5.85. The summed E-state index contributed by atoms with van der Waals surface area (Å²) in [5, 5.41) is 0. The third-order valence-corrected chi connectivity index (χ3v) is 8.78. The lowest BCUT2D eigenvalue weighted by atomic mass is 9.48. The van der Waals surface area contributed by atoms with Crippen LogP contribution in [0.15, 0.2) is 35.6 Å². The van der Waals surface area contributed by atoms with Crippen molar-refractivity contribution in [2.75, 3.05) is 6.61 Å². The van der Waals surface area contributed by atoms with Crippen LogP contribution < -0.4 is 0 Å². The van der Waals surface area contributed by atoms with Gasteiger partial charge in [-0.25, -0.2) is 0 Å². The van der Waals surface area contributed by atoms with Crippen molar-refractivity contribution in [3.63, 3.8) is 0 Å². The van der Waals surface area contributed by atoms with Gasteiger partial charge in [0, 0.05) is 25.2 Å². The van der Waals surface area contributed by atoms with Gasteiger partial charge in [-0.05, 0) is 67.6 Å². The molecule has 1 saturated heterocycles. The lowest BCUT2D eigenvalue weighted by molar-refractivity contribution is -0.148. The van der Waals surface area contributed by atoms with Gasteiger partial charge in [0.25, 0.3) is 0 Å². The largest absolute Gasteiger partial charge is 0.458 e. The molecule has 4 aliphatic carbocycles. The molecule has 0 aromatic carbocycles. The van der Waals surface area contributed by atoms with Gasteiger partial charge in [-0.2, -0.15) is 0 Å². The Kier molecular flexibility index (Phi) is 4.43. The van der Waals surface area contributed by atoms with Gasteiger partial charge in [-0.1, -0.05) is 19.1 Å². The maximum atomic E-state index is 12.9. The van der Waals surface area contributed by atoms with Crippen molar-refractivity contribution in [2.45, 2.75) is 65.1 Å². The van der Waals surface area contributed by atoms with E-state index >= 15 is 0 Å². The molecule has 0 bridgehead atoms. The second-order valence-corrected chi connectivity index (χ2v) is 10.3. The van der Waals surface area contributed by atoms with Crippen molar-refractivity contribution >= 4 is 17.7 Å². The van der Waals surface area contributed by atoms with Crippen LogP contribution >= 0.6 is 0 Å². The zero-order valence-corrected chi connectivity index (χ0v) is 18.6. The third kappa shape index (κ3) is 2.76. The summed E-state index contributed by atoms with van der Waals surface area (Å²) in [6, 6.07) is 0. The maximum Gasteiger partial charge on any atom is 0.308 e. The minimum atomic E-state index is -0.413. The van der Waals surface area contributed by atoms with E-state index in [4.69, 9.17) is 14.2 Å². The van der Waals surface area contributed by atoms with Gasteiger partial charge >= 0.3 is 11.9 Å². The minimum Gasteiger partial charge on any atom is -0.458 e. The number of rotatable bonds is 4. The molecule has 0 amide bonds. The SMILES string of the molecule is CC(=O)OCC(=O)[C@H]1CC[C@H]2[C@@H]3CC=C4C=C(OC(C)=O)C=C[C@]4(C)[C@]34OC4C[C@]12C. The molecule has 1 unspecified atom stereocenters. The van der Waals surface area contributed by atoms with Crippen LogP contribution in [-0.4, -0.2) is 36.0 Å². The number of epoxide rings is 1. The van der Waals surface area contributed by atoms with Crippen LogP contribution in [0.5, 0.6) is 0 Å². The molecular formula is C25H30O6. The van der Waals surface area contributed by atoms with Gasteiger partial charge < -0.3 is 14.2 Å². The Balaban J connectivity index is 1.44. The van der Waals surface area contributed by atoms with Gasteiger partial charge in [0.2, 0.25) is 0 Å². The number of fused-ring (bicyclic) bond motifs is 3. The summed E-state index contributed by atoms with van der Waals surface area (Å²) in [5.41, 5.74) is 0.481. The molecule has 0 aromatic heterocycles. The summed E-state index contributed by atoms with van der Waals surface area (Å²) in [7, 11) is 0. The molecule has 31 heavy (non-hydrogen) atoms. The fourth-order valence-corrected chi connectivity index (χ4v) is 7.43. The van der Waals surface area contributed by atoms with Crippen LogP contribution in [0.1, 0.15) is 53.4 Å². The molecule has 5 rings (SSSR count). The van der Waals surface area contributed by atoms with Crippen LogP contribution in [0, 0.1) is 28.6 Å². The second-order valence-electron chi connectivity index (χ2n) is 10.3. The monoisotopic (exact) mass is 426 g/mol. The summed E-state index contributed by atoms with van der Waals surface area (Å²) >= 11 is 0. The summed E-state index contributed by atoms with van der Waals surface area (Å²) in [5.74, 6) is 0.513. The Bertz CT molecular complexity index is 959. The molecule has 0 N–H and O–H groups in total. The first kappa shape index (κ1) is 20.7. The number of esters is 2. The third-order valence-electron chi connectivity index (χ3n) is 8.78. The van der Waals surface area contributed by atoms with E-state index < -0.39 is 5.97 Å². The first-order valence-electron chi connectivity index (χ1n) is 11.3. The maximum absolute atomic E-state index is 12.9. The zero-order chi connectivity index (χ0) is 22.2. The predicted octanol–water partition coefficient (Wildman–Crippen LogP) is 3.66. The number of ketones is 1. The van der Waals surface area contributed by atoms with Gasteiger partial charge in [0.05, 0.1) is 6.10 Å². The quantitative estimate of drug-likeness (QED) is 0.504. The summed E-state index contributed by atoms with van der Waals surface area (Å²) in [4.78, 5) is 35.5. The molecule has 1 spiro atoms. The molecule has 0 radical (unpaired) electrons. The highest BCUT2D eigenvalue weighted by Gasteiger charge is 2.78. The Morgan fingerprint density at radius 1 is 1.13 bits per heavy atom. The van der Waals surface area contributed by atoms with Crippen molar-refractivity contribution in [2.24, 2.45) is 28.6 Å². The topological polar surface area (TPSA) is 82.2 Å². The van der Waals surface area contributed by atoms with E-state index in [9.17, 15) is 14.4 Å². The number of carbonyl (C=O) groups excluding carboxylic acids is 3. The summed E-state index contributed by atoms with van der Waals surface area (Å²) in [6.07, 6.45) is 12.0. The van der Waals surface area contributed by atoms with Gasteiger partial charge in [-0.15, -0.1) is 0 Å². The Morgan fingerprint density at radius 2 is 1.90 bits per heavy atom. The molecule has 5 aliphatic rings. The molecule has 3 fully saturated rings.